The van der Waals surface area contributed by atoms with Gasteiger partial charge in [-0.15, -0.1) is 0 Å². The average molecular weight is 303 g/mol. The highest BCUT2D eigenvalue weighted by molar-refractivity contribution is 5.87. The van der Waals surface area contributed by atoms with Gasteiger partial charge in [0.25, 0.3) is 0 Å². The minimum atomic E-state index is -1.03. The minimum absolute atomic E-state index is 0.311. The van der Waals surface area contributed by atoms with E-state index in [1.165, 1.54) is 4.90 Å². The second-order valence-corrected chi connectivity index (χ2v) is 5.32. The molecule has 118 valence electrons. The van der Waals surface area contributed by atoms with Gasteiger partial charge in [-0.2, -0.15) is 0 Å². The number of hydrogen-bond donors (Lipinski definition) is 3. The van der Waals surface area contributed by atoms with Crippen LogP contribution in [0.4, 0.5) is 0 Å². The smallest absolute Gasteiger partial charge is 0.323 e. The van der Waals surface area contributed by atoms with Gasteiger partial charge in [0.05, 0.1) is 6.04 Å². The maximum atomic E-state index is 12.4. The fourth-order valence-electron chi connectivity index (χ4n) is 2.56. The maximum absolute atomic E-state index is 12.4. The molecule has 2 rings (SSSR count). The van der Waals surface area contributed by atoms with E-state index in [1.807, 2.05) is 37.4 Å². The highest BCUT2D eigenvalue weighted by Gasteiger charge is 2.23. The third kappa shape index (κ3) is 3.65. The van der Waals surface area contributed by atoms with Gasteiger partial charge in [0.1, 0.15) is 6.54 Å². The van der Waals surface area contributed by atoms with Crippen molar-refractivity contribution in [3.63, 3.8) is 0 Å². The van der Waals surface area contributed by atoms with Crippen molar-refractivity contribution in [2.45, 2.75) is 25.8 Å². The van der Waals surface area contributed by atoms with Gasteiger partial charge in [0, 0.05) is 23.6 Å². The number of nitrogens with zero attached hydrogens (tertiary/aromatic N) is 1. The number of aromatic nitrogens is 1. The monoisotopic (exact) mass is 303 g/mol. The van der Waals surface area contributed by atoms with Gasteiger partial charge >= 0.3 is 5.97 Å². The van der Waals surface area contributed by atoms with E-state index in [0.717, 1.165) is 16.5 Å². The highest BCUT2D eigenvalue weighted by Crippen LogP contribution is 2.19. The Kier molecular flexibility index (Phi) is 5.16. The molecule has 0 aliphatic heterocycles. The predicted octanol–water partition coefficient (Wildman–Crippen LogP) is 1.36. The number of nitrogens with one attached hydrogen (secondary N) is 1. The fourth-order valence-corrected chi connectivity index (χ4v) is 2.56. The molecule has 1 amide bonds. The van der Waals surface area contributed by atoms with Crippen LogP contribution in [0.3, 0.4) is 0 Å². The summed E-state index contributed by atoms with van der Waals surface area (Å²) in [6, 6.07) is 7.05. The third-order valence-corrected chi connectivity index (χ3v) is 3.56. The first kappa shape index (κ1) is 16.0. The molecule has 6 nitrogen and oxygen atoms in total. The van der Waals surface area contributed by atoms with E-state index in [0.29, 0.717) is 19.4 Å². The standard InChI is InChI=1S/C16H21N3O3/c1-2-7-19(10-15(20)21)16(22)13(17)8-11-9-18-14-6-4-3-5-12(11)14/h3-6,9,13,18H,2,7-8,10,17H2,1H3,(H,20,21)/t13-/m0/s1. The van der Waals surface area contributed by atoms with Gasteiger partial charge in [0.2, 0.25) is 5.91 Å². The number of hydrogen-bond acceptors (Lipinski definition) is 3. The Hall–Kier alpha value is -2.34. The fraction of sp³-hybridized carbons (Fsp3) is 0.375. The number of para-hydroxylation sites is 1. The maximum Gasteiger partial charge on any atom is 0.323 e. The van der Waals surface area contributed by atoms with Gasteiger partial charge in [-0.05, 0) is 24.5 Å². The summed E-state index contributed by atoms with van der Waals surface area (Å²) in [4.78, 5) is 27.7. The van der Waals surface area contributed by atoms with Crippen LogP contribution in [0.2, 0.25) is 0 Å². The Bertz CT molecular complexity index is 665. The molecule has 0 spiro atoms. The van der Waals surface area contributed by atoms with Crippen molar-refractivity contribution in [1.29, 1.82) is 0 Å². The summed E-state index contributed by atoms with van der Waals surface area (Å²) in [6.07, 6.45) is 2.92. The summed E-state index contributed by atoms with van der Waals surface area (Å²) in [5, 5.41) is 9.93. The highest BCUT2D eigenvalue weighted by atomic mass is 16.4. The Morgan fingerprint density at radius 1 is 1.36 bits per heavy atom. The molecule has 22 heavy (non-hydrogen) atoms. The topological polar surface area (TPSA) is 99.4 Å². The summed E-state index contributed by atoms with van der Waals surface area (Å²) in [7, 11) is 0. The van der Waals surface area contributed by atoms with Crippen molar-refractivity contribution in [2.24, 2.45) is 5.73 Å². The van der Waals surface area contributed by atoms with E-state index >= 15 is 0 Å². The molecule has 1 aromatic carbocycles. The lowest BCUT2D eigenvalue weighted by molar-refractivity contribution is -0.145. The molecule has 0 radical (unpaired) electrons. The zero-order valence-electron chi connectivity index (χ0n) is 12.6. The molecule has 0 saturated heterocycles. The van der Waals surface area contributed by atoms with Crippen molar-refractivity contribution in [3.05, 3.63) is 36.0 Å². The van der Waals surface area contributed by atoms with Crippen LogP contribution in [0.15, 0.2) is 30.5 Å². The number of H-pyrrole nitrogens is 1. The van der Waals surface area contributed by atoms with Crippen LogP contribution in [-0.4, -0.2) is 46.0 Å². The second-order valence-electron chi connectivity index (χ2n) is 5.32. The van der Waals surface area contributed by atoms with Crippen LogP contribution in [-0.2, 0) is 16.0 Å². The van der Waals surface area contributed by atoms with Crippen LogP contribution < -0.4 is 5.73 Å². The third-order valence-electron chi connectivity index (χ3n) is 3.56. The lowest BCUT2D eigenvalue weighted by atomic mass is 10.0. The number of amides is 1. The van der Waals surface area contributed by atoms with Gasteiger partial charge in [-0.1, -0.05) is 25.1 Å². The van der Waals surface area contributed by atoms with E-state index in [1.54, 1.807) is 0 Å². The first-order valence-electron chi connectivity index (χ1n) is 7.34. The molecule has 0 fully saturated rings. The lowest BCUT2D eigenvalue weighted by Crippen LogP contribution is -2.47. The van der Waals surface area contributed by atoms with E-state index in [-0.39, 0.29) is 12.5 Å². The Balaban J connectivity index is 2.11. The molecule has 1 atom stereocenters. The van der Waals surface area contributed by atoms with Crippen LogP contribution >= 0.6 is 0 Å². The number of carbonyl (C=O) groups is 2. The van der Waals surface area contributed by atoms with Crippen molar-refractivity contribution in [3.8, 4) is 0 Å². The number of rotatable bonds is 7. The van der Waals surface area contributed by atoms with E-state index < -0.39 is 12.0 Å². The Morgan fingerprint density at radius 2 is 2.09 bits per heavy atom. The number of carboxylic acids is 1. The zero-order valence-corrected chi connectivity index (χ0v) is 12.6. The first-order chi connectivity index (χ1) is 10.5. The van der Waals surface area contributed by atoms with Gasteiger partial charge in [-0.25, -0.2) is 0 Å². The van der Waals surface area contributed by atoms with E-state index in [9.17, 15) is 9.59 Å². The predicted molar refractivity (Wildman–Crippen MR) is 84.5 cm³/mol. The molecule has 0 aliphatic rings. The van der Waals surface area contributed by atoms with Crippen molar-refractivity contribution >= 4 is 22.8 Å². The summed E-state index contributed by atoms with van der Waals surface area (Å²) >= 11 is 0. The number of carboxylic acid groups (broad SMARTS) is 1. The van der Waals surface area contributed by atoms with E-state index in [4.69, 9.17) is 10.8 Å². The number of nitrogens with two attached hydrogens (primary N) is 1. The van der Waals surface area contributed by atoms with Crippen LogP contribution in [0.1, 0.15) is 18.9 Å². The molecule has 1 heterocycles. The first-order valence-corrected chi connectivity index (χ1v) is 7.34. The summed E-state index contributed by atoms with van der Waals surface area (Å²) in [5.41, 5.74) is 7.96. The number of carbonyl (C=O) groups excluding carboxylic acids is 1. The zero-order chi connectivity index (χ0) is 16.1. The second kappa shape index (κ2) is 7.09. The van der Waals surface area contributed by atoms with Gasteiger partial charge < -0.3 is 20.7 Å². The largest absolute Gasteiger partial charge is 0.480 e. The van der Waals surface area contributed by atoms with Crippen molar-refractivity contribution < 1.29 is 14.7 Å². The molecule has 2 aromatic rings. The quantitative estimate of drug-likeness (QED) is 0.719. The molecule has 6 heteroatoms. The molecule has 0 bridgehead atoms. The molecule has 0 unspecified atom stereocenters. The minimum Gasteiger partial charge on any atom is -0.480 e. The van der Waals surface area contributed by atoms with Crippen LogP contribution in [0.5, 0.6) is 0 Å². The Morgan fingerprint density at radius 3 is 2.77 bits per heavy atom. The average Bonchev–Trinajstić information content (AvgIpc) is 2.89. The molecule has 4 N–H and O–H groups in total. The van der Waals surface area contributed by atoms with Gasteiger partial charge in [-0.3, -0.25) is 9.59 Å². The molecule has 0 aliphatic carbocycles. The normalized spacial score (nSPS) is 12.3. The van der Waals surface area contributed by atoms with Gasteiger partial charge in [0.15, 0.2) is 0 Å². The number of aromatic amines is 1. The lowest BCUT2D eigenvalue weighted by Gasteiger charge is -2.23. The van der Waals surface area contributed by atoms with E-state index in [2.05, 4.69) is 4.98 Å². The summed E-state index contributed by atoms with van der Waals surface area (Å²) in [5.74, 6) is -1.35. The number of fused-ring (bicyclic) bond motifs is 1. The van der Waals surface area contributed by atoms with Crippen molar-refractivity contribution in [1.82, 2.24) is 9.88 Å². The molecule has 0 saturated carbocycles. The molecule has 1 aromatic heterocycles. The number of benzene rings is 1. The summed E-state index contributed by atoms with van der Waals surface area (Å²) in [6.45, 7) is 1.98. The number of aliphatic carboxylic acids is 1. The van der Waals surface area contributed by atoms with Crippen LogP contribution in [0, 0.1) is 0 Å². The Labute approximate surface area is 128 Å². The molecular weight excluding hydrogens is 282 g/mol. The summed E-state index contributed by atoms with van der Waals surface area (Å²) < 4.78 is 0. The SMILES string of the molecule is CCCN(CC(=O)O)C(=O)[C@@H](N)Cc1c[nH]c2ccccc12. The molecular formula is C16H21N3O3. The van der Waals surface area contributed by atoms with Crippen LogP contribution in [0.25, 0.3) is 10.9 Å². The van der Waals surface area contributed by atoms with Crippen molar-refractivity contribution in [2.75, 3.05) is 13.1 Å².